The summed E-state index contributed by atoms with van der Waals surface area (Å²) in [5, 5.41) is 11.9. The molecule has 0 heterocycles. The van der Waals surface area contributed by atoms with E-state index in [1.54, 1.807) is 0 Å². The third kappa shape index (κ3) is 3.18. The lowest BCUT2D eigenvalue weighted by Crippen LogP contribution is -2.59. The molecule has 1 saturated carbocycles. The lowest BCUT2D eigenvalue weighted by atomic mass is 9.76. The minimum absolute atomic E-state index is 0.158. The molecule has 1 aromatic carbocycles. The minimum atomic E-state index is -0.993. The Labute approximate surface area is 119 Å². The molecular formula is C16H21NO3. The topological polar surface area (TPSA) is 66.4 Å². The molecule has 1 unspecified atom stereocenters. The van der Waals surface area contributed by atoms with Gasteiger partial charge in [0.15, 0.2) is 0 Å². The lowest BCUT2D eigenvalue weighted by Gasteiger charge is -2.38. The quantitative estimate of drug-likeness (QED) is 0.838. The molecule has 4 nitrogen and oxygen atoms in total. The number of carboxylic acid groups (broad SMARTS) is 1. The van der Waals surface area contributed by atoms with E-state index in [2.05, 4.69) is 12.2 Å². The number of amides is 1. The van der Waals surface area contributed by atoms with Crippen LogP contribution in [0.3, 0.4) is 0 Å². The van der Waals surface area contributed by atoms with Crippen LogP contribution in [0.5, 0.6) is 0 Å². The molecule has 4 heteroatoms. The summed E-state index contributed by atoms with van der Waals surface area (Å²) < 4.78 is 0. The summed E-state index contributed by atoms with van der Waals surface area (Å²) in [6, 6.07) is 10.0. The van der Waals surface area contributed by atoms with Crippen molar-refractivity contribution in [1.29, 1.82) is 0 Å². The first-order chi connectivity index (χ1) is 9.53. The van der Waals surface area contributed by atoms with Crippen molar-refractivity contribution in [3.8, 4) is 0 Å². The van der Waals surface area contributed by atoms with E-state index in [0.717, 1.165) is 12.8 Å². The van der Waals surface area contributed by atoms with Crippen molar-refractivity contribution in [2.75, 3.05) is 0 Å². The van der Waals surface area contributed by atoms with Crippen LogP contribution in [0.1, 0.15) is 50.5 Å². The fourth-order valence-electron chi connectivity index (χ4n) is 2.55. The van der Waals surface area contributed by atoms with E-state index in [9.17, 15) is 14.7 Å². The van der Waals surface area contributed by atoms with Gasteiger partial charge in [0.05, 0.1) is 0 Å². The second-order valence-corrected chi connectivity index (χ2v) is 5.64. The first-order valence-corrected chi connectivity index (χ1v) is 7.13. The first kappa shape index (κ1) is 14.6. The van der Waals surface area contributed by atoms with E-state index in [1.165, 1.54) is 5.56 Å². The van der Waals surface area contributed by atoms with Crippen molar-refractivity contribution in [3.63, 3.8) is 0 Å². The Bertz CT molecular complexity index is 480. The van der Waals surface area contributed by atoms with Gasteiger partial charge in [-0.1, -0.05) is 37.3 Å². The highest BCUT2D eigenvalue weighted by Crippen LogP contribution is 2.32. The molecule has 1 atom stereocenters. The number of carbonyl (C=O) groups is 2. The van der Waals surface area contributed by atoms with E-state index in [4.69, 9.17) is 0 Å². The maximum atomic E-state index is 11.9. The molecule has 1 amide bonds. The average Bonchev–Trinajstić information content (AvgIpc) is 2.40. The zero-order chi connectivity index (χ0) is 14.6. The Hall–Kier alpha value is -1.84. The van der Waals surface area contributed by atoms with E-state index in [0.29, 0.717) is 25.2 Å². The van der Waals surface area contributed by atoms with Crippen molar-refractivity contribution in [2.24, 2.45) is 0 Å². The highest BCUT2D eigenvalue weighted by atomic mass is 16.4. The third-order valence-electron chi connectivity index (χ3n) is 4.17. The van der Waals surface area contributed by atoms with Crippen LogP contribution >= 0.6 is 0 Å². The molecular weight excluding hydrogens is 254 g/mol. The molecule has 1 aliphatic carbocycles. The van der Waals surface area contributed by atoms with Crippen molar-refractivity contribution in [1.82, 2.24) is 5.32 Å². The van der Waals surface area contributed by atoms with Gasteiger partial charge in [-0.2, -0.15) is 0 Å². The summed E-state index contributed by atoms with van der Waals surface area (Å²) in [6.45, 7) is 2.08. The number of benzene rings is 1. The molecule has 0 aliphatic heterocycles. The second-order valence-electron chi connectivity index (χ2n) is 5.64. The number of nitrogens with one attached hydrogen (secondary N) is 1. The number of aliphatic carboxylic acids is 1. The van der Waals surface area contributed by atoms with Crippen molar-refractivity contribution in [3.05, 3.63) is 35.9 Å². The van der Waals surface area contributed by atoms with E-state index in [-0.39, 0.29) is 5.91 Å². The van der Waals surface area contributed by atoms with Crippen LogP contribution in [0.4, 0.5) is 0 Å². The fraction of sp³-hybridized carbons (Fsp3) is 0.500. The molecule has 0 saturated heterocycles. The molecule has 2 N–H and O–H groups in total. The standard InChI is InChI=1S/C16H21NO3/c1-12(13-6-3-2-4-7-13)8-9-14(18)17-16(15(19)20)10-5-11-16/h2-4,6-7,12H,5,8-11H2,1H3,(H,17,18)(H,19,20). The molecule has 1 aromatic rings. The summed E-state index contributed by atoms with van der Waals surface area (Å²) >= 11 is 0. The predicted molar refractivity (Wildman–Crippen MR) is 76.5 cm³/mol. The Kier molecular flexibility index (Phi) is 4.42. The Morgan fingerprint density at radius 2 is 1.95 bits per heavy atom. The van der Waals surface area contributed by atoms with Gasteiger partial charge in [-0.05, 0) is 37.2 Å². The number of carbonyl (C=O) groups excluding carboxylic acids is 1. The largest absolute Gasteiger partial charge is 0.480 e. The Morgan fingerprint density at radius 3 is 2.45 bits per heavy atom. The monoisotopic (exact) mass is 275 g/mol. The predicted octanol–water partition coefficient (Wildman–Crippen LogP) is 2.69. The molecule has 20 heavy (non-hydrogen) atoms. The SMILES string of the molecule is CC(CCC(=O)NC1(C(=O)O)CCC1)c1ccccc1. The van der Waals surface area contributed by atoms with Crippen LogP contribution in [-0.4, -0.2) is 22.5 Å². The van der Waals surface area contributed by atoms with Gasteiger partial charge < -0.3 is 10.4 Å². The Morgan fingerprint density at radius 1 is 1.30 bits per heavy atom. The molecule has 0 aromatic heterocycles. The van der Waals surface area contributed by atoms with Crippen LogP contribution in [-0.2, 0) is 9.59 Å². The van der Waals surface area contributed by atoms with Gasteiger partial charge in [0.2, 0.25) is 5.91 Å². The summed E-state index contributed by atoms with van der Waals surface area (Å²) in [4.78, 5) is 23.1. The lowest BCUT2D eigenvalue weighted by molar-refractivity contribution is -0.151. The number of rotatable bonds is 6. The molecule has 1 fully saturated rings. The zero-order valence-electron chi connectivity index (χ0n) is 11.8. The molecule has 2 rings (SSSR count). The van der Waals surface area contributed by atoms with Gasteiger partial charge in [-0.3, -0.25) is 4.79 Å². The van der Waals surface area contributed by atoms with Crippen molar-refractivity contribution in [2.45, 2.75) is 50.5 Å². The fourth-order valence-corrected chi connectivity index (χ4v) is 2.55. The molecule has 0 bridgehead atoms. The van der Waals surface area contributed by atoms with Crippen molar-refractivity contribution >= 4 is 11.9 Å². The van der Waals surface area contributed by atoms with E-state index < -0.39 is 11.5 Å². The number of hydrogen-bond acceptors (Lipinski definition) is 2. The average molecular weight is 275 g/mol. The van der Waals surface area contributed by atoms with Crippen molar-refractivity contribution < 1.29 is 14.7 Å². The van der Waals surface area contributed by atoms with Crippen LogP contribution in [0.25, 0.3) is 0 Å². The smallest absolute Gasteiger partial charge is 0.329 e. The van der Waals surface area contributed by atoms with Gasteiger partial charge >= 0.3 is 5.97 Å². The normalized spacial score (nSPS) is 17.9. The van der Waals surface area contributed by atoms with Gasteiger partial charge in [0.1, 0.15) is 5.54 Å². The summed E-state index contributed by atoms with van der Waals surface area (Å²) in [5.74, 6) is -0.771. The highest BCUT2D eigenvalue weighted by Gasteiger charge is 2.45. The third-order valence-corrected chi connectivity index (χ3v) is 4.17. The Balaban J connectivity index is 1.82. The van der Waals surface area contributed by atoms with E-state index in [1.807, 2.05) is 30.3 Å². The minimum Gasteiger partial charge on any atom is -0.480 e. The van der Waals surface area contributed by atoms with Gasteiger partial charge in [-0.25, -0.2) is 4.79 Å². The summed E-state index contributed by atoms with van der Waals surface area (Å²) in [5.41, 5.74) is 0.212. The maximum Gasteiger partial charge on any atom is 0.329 e. The van der Waals surface area contributed by atoms with Crippen LogP contribution in [0.2, 0.25) is 0 Å². The summed E-state index contributed by atoms with van der Waals surface area (Å²) in [7, 11) is 0. The van der Waals surface area contributed by atoms with Crippen LogP contribution in [0.15, 0.2) is 30.3 Å². The second kappa shape index (κ2) is 6.07. The summed E-state index contributed by atoms with van der Waals surface area (Å²) in [6.07, 6.45) is 3.05. The van der Waals surface area contributed by atoms with Crippen LogP contribution < -0.4 is 5.32 Å². The van der Waals surface area contributed by atoms with Gasteiger partial charge in [0.25, 0.3) is 0 Å². The van der Waals surface area contributed by atoms with Crippen LogP contribution in [0, 0.1) is 0 Å². The van der Waals surface area contributed by atoms with E-state index >= 15 is 0 Å². The first-order valence-electron chi connectivity index (χ1n) is 7.13. The number of hydrogen-bond donors (Lipinski definition) is 2. The maximum absolute atomic E-state index is 11.9. The molecule has 0 spiro atoms. The highest BCUT2D eigenvalue weighted by molar-refractivity contribution is 5.87. The van der Waals surface area contributed by atoms with Gasteiger partial charge in [-0.15, -0.1) is 0 Å². The van der Waals surface area contributed by atoms with Gasteiger partial charge in [0, 0.05) is 6.42 Å². The molecule has 1 aliphatic rings. The molecule has 0 radical (unpaired) electrons. The molecule has 108 valence electrons. The zero-order valence-corrected chi connectivity index (χ0v) is 11.8. The number of carboxylic acids is 1.